The van der Waals surface area contributed by atoms with Crippen molar-refractivity contribution in [2.45, 2.75) is 65.3 Å². The largest absolute Gasteiger partial charge is 0.314 e. The van der Waals surface area contributed by atoms with E-state index in [1.165, 1.54) is 45.1 Å². The van der Waals surface area contributed by atoms with Crippen molar-refractivity contribution in [3.8, 4) is 0 Å². The van der Waals surface area contributed by atoms with Crippen LogP contribution in [0.2, 0.25) is 0 Å². The van der Waals surface area contributed by atoms with Crippen molar-refractivity contribution in [3.05, 3.63) is 0 Å². The fourth-order valence-electron chi connectivity index (χ4n) is 3.20. The molecule has 0 amide bonds. The molecule has 0 bridgehead atoms. The van der Waals surface area contributed by atoms with Gasteiger partial charge < -0.3 is 5.32 Å². The van der Waals surface area contributed by atoms with E-state index < -0.39 is 0 Å². The highest BCUT2D eigenvalue weighted by Gasteiger charge is 2.32. The van der Waals surface area contributed by atoms with Crippen LogP contribution in [0.25, 0.3) is 0 Å². The molecule has 0 aliphatic heterocycles. The van der Waals surface area contributed by atoms with Gasteiger partial charge in [-0.25, -0.2) is 0 Å². The lowest BCUT2D eigenvalue weighted by Gasteiger charge is -2.19. The molecule has 16 heavy (non-hydrogen) atoms. The van der Waals surface area contributed by atoms with E-state index >= 15 is 0 Å². The van der Waals surface area contributed by atoms with Crippen LogP contribution >= 0.6 is 0 Å². The number of nitrogens with one attached hydrogen (secondary N) is 1. The van der Waals surface area contributed by atoms with Crippen LogP contribution in [-0.2, 0) is 0 Å². The van der Waals surface area contributed by atoms with Gasteiger partial charge in [-0.15, -0.1) is 0 Å². The molecule has 94 valence electrons. The predicted octanol–water partition coefficient (Wildman–Crippen LogP) is 3.84. The van der Waals surface area contributed by atoms with Gasteiger partial charge in [0.1, 0.15) is 0 Å². The molecule has 4 atom stereocenters. The monoisotopic (exact) mass is 223 g/mol. The maximum absolute atomic E-state index is 3.81. The van der Waals surface area contributed by atoms with E-state index in [1.54, 1.807) is 0 Å². The van der Waals surface area contributed by atoms with Crippen LogP contribution in [0.1, 0.15) is 59.3 Å². The van der Waals surface area contributed by atoms with Gasteiger partial charge in [0.2, 0.25) is 0 Å². The Morgan fingerprint density at radius 2 is 1.88 bits per heavy atom. The van der Waals surface area contributed by atoms with Gasteiger partial charge in [0.05, 0.1) is 0 Å². The SMILES string of the molecule is CC(C)C1CCCC(NCC2CC2C)CC1. The number of rotatable bonds is 4. The highest BCUT2D eigenvalue weighted by molar-refractivity contribution is 4.86. The third-order valence-corrected chi connectivity index (χ3v) is 4.90. The molecule has 2 aliphatic rings. The molecule has 1 nitrogen and oxygen atoms in total. The summed E-state index contributed by atoms with van der Waals surface area (Å²) < 4.78 is 0. The van der Waals surface area contributed by atoms with Gasteiger partial charge >= 0.3 is 0 Å². The molecule has 1 heteroatoms. The molecule has 2 saturated carbocycles. The molecule has 2 fully saturated rings. The molecule has 0 aromatic carbocycles. The Morgan fingerprint density at radius 1 is 1.12 bits per heavy atom. The van der Waals surface area contributed by atoms with E-state index in [9.17, 15) is 0 Å². The van der Waals surface area contributed by atoms with Gasteiger partial charge in [0.15, 0.2) is 0 Å². The standard InChI is InChI=1S/C15H29N/c1-11(2)13-5-4-6-15(8-7-13)16-10-14-9-12(14)3/h11-16H,4-10H2,1-3H3. The molecule has 0 saturated heterocycles. The second-order valence-corrected chi connectivity index (χ2v) is 6.59. The molecule has 0 heterocycles. The van der Waals surface area contributed by atoms with E-state index in [-0.39, 0.29) is 0 Å². The van der Waals surface area contributed by atoms with E-state index in [1.807, 2.05) is 0 Å². The van der Waals surface area contributed by atoms with Crippen molar-refractivity contribution in [2.75, 3.05) is 6.54 Å². The third-order valence-electron chi connectivity index (χ3n) is 4.90. The fraction of sp³-hybridized carbons (Fsp3) is 1.00. The van der Waals surface area contributed by atoms with Crippen LogP contribution in [-0.4, -0.2) is 12.6 Å². The summed E-state index contributed by atoms with van der Waals surface area (Å²) in [6, 6.07) is 0.830. The molecule has 2 rings (SSSR count). The summed E-state index contributed by atoms with van der Waals surface area (Å²) in [5, 5.41) is 3.81. The van der Waals surface area contributed by atoms with Gasteiger partial charge in [0, 0.05) is 6.04 Å². The summed E-state index contributed by atoms with van der Waals surface area (Å²) in [7, 11) is 0. The average Bonchev–Trinajstić information content (AvgIpc) is 2.97. The van der Waals surface area contributed by atoms with Gasteiger partial charge in [-0.3, -0.25) is 0 Å². The van der Waals surface area contributed by atoms with Crippen molar-refractivity contribution in [3.63, 3.8) is 0 Å². The third kappa shape index (κ3) is 3.48. The van der Waals surface area contributed by atoms with E-state index in [2.05, 4.69) is 26.1 Å². The van der Waals surface area contributed by atoms with Crippen LogP contribution in [0.3, 0.4) is 0 Å². The Kier molecular flexibility index (Phi) is 4.29. The van der Waals surface area contributed by atoms with E-state index in [4.69, 9.17) is 0 Å². The smallest absolute Gasteiger partial charge is 0.00672 e. The highest BCUT2D eigenvalue weighted by Crippen LogP contribution is 2.37. The maximum Gasteiger partial charge on any atom is 0.00672 e. The minimum absolute atomic E-state index is 0.830. The first-order valence-electron chi connectivity index (χ1n) is 7.40. The van der Waals surface area contributed by atoms with Gasteiger partial charge in [0.25, 0.3) is 0 Å². The quantitative estimate of drug-likeness (QED) is 0.714. The number of hydrogen-bond acceptors (Lipinski definition) is 1. The van der Waals surface area contributed by atoms with Crippen LogP contribution < -0.4 is 5.32 Å². The zero-order chi connectivity index (χ0) is 11.5. The average molecular weight is 223 g/mol. The van der Waals surface area contributed by atoms with Crippen LogP contribution in [0, 0.1) is 23.7 Å². The summed E-state index contributed by atoms with van der Waals surface area (Å²) >= 11 is 0. The molecule has 1 N–H and O–H groups in total. The molecule has 4 unspecified atom stereocenters. The Morgan fingerprint density at radius 3 is 2.50 bits per heavy atom. The summed E-state index contributed by atoms with van der Waals surface area (Å²) in [6.45, 7) is 8.46. The molecular formula is C15H29N. The van der Waals surface area contributed by atoms with Crippen LogP contribution in [0.4, 0.5) is 0 Å². The molecule has 2 aliphatic carbocycles. The zero-order valence-electron chi connectivity index (χ0n) is 11.3. The minimum Gasteiger partial charge on any atom is -0.314 e. The zero-order valence-corrected chi connectivity index (χ0v) is 11.3. The van der Waals surface area contributed by atoms with Crippen LogP contribution in [0.5, 0.6) is 0 Å². The first-order chi connectivity index (χ1) is 7.66. The van der Waals surface area contributed by atoms with Crippen molar-refractivity contribution in [2.24, 2.45) is 23.7 Å². The summed E-state index contributed by atoms with van der Waals surface area (Å²) in [5.74, 6) is 3.89. The summed E-state index contributed by atoms with van der Waals surface area (Å²) in [4.78, 5) is 0. The second kappa shape index (κ2) is 5.53. The summed E-state index contributed by atoms with van der Waals surface area (Å²) in [5.41, 5.74) is 0. The fourth-order valence-corrected chi connectivity index (χ4v) is 3.20. The molecule has 0 aromatic heterocycles. The molecule has 0 aromatic rings. The second-order valence-electron chi connectivity index (χ2n) is 6.59. The number of hydrogen-bond donors (Lipinski definition) is 1. The van der Waals surface area contributed by atoms with Gasteiger partial charge in [-0.2, -0.15) is 0 Å². The van der Waals surface area contributed by atoms with E-state index in [0.29, 0.717) is 0 Å². The highest BCUT2D eigenvalue weighted by atomic mass is 14.9. The lowest BCUT2D eigenvalue weighted by Crippen LogP contribution is -2.30. The van der Waals surface area contributed by atoms with Crippen molar-refractivity contribution in [1.82, 2.24) is 5.32 Å². The normalized spacial score (nSPS) is 39.8. The van der Waals surface area contributed by atoms with Gasteiger partial charge in [-0.1, -0.05) is 33.6 Å². The first kappa shape index (κ1) is 12.4. The van der Waals surface area contributed by atoms with Crippen LogP contribution in [0.15, 0.2) is 0 Å². The summed E-state index contributed by atoms with van der Waals surface area (Å²) in [6.07, 6.45) is 8.68. The molecule has 0 radical (unpaired) electrons. The Labute approximate surface area is 101 Å². The topological polar surface area (TPSA) is 12.0 Å². The van der Waals surface area contributed by atoms with Crippen molar-refractivity contribution in [1.29, 1.82) is 0 Å². The van der Waals surface area contributed by atoms with E-state index in [0.717, 1.165) is 29.7 Å². The lowest BCUT2D eigenvalue weighted by molar-refractivity contribution is 0.337. The molecule has 0 spiro atoms. The predicted molar refractivity (Wildman–Crippen MR) is 70.5 cm³/mol. The first-order valence-corrected chi connectivity index (χ1v) is 7.40. The molecular weight excluding hydrogens is 194 g/mol. The van der Waals surface area contributed by atoms with Gasteiger partial charge in [-0.05, 0) is 55.9 Å². The Balaban J connectivity index is 1.67. The minimum atomic E-state index is 0.830. The lowest BCUT2D eigenvalue weighted by atomic mass is 9.89. The maximum atomic E-state index is 3.81. The van der Waals surface area contributed by atoms with Crippen molar-refractivity contribution >= 4 is 0 Å². The Bertz CT molecular complexity index is 211. The Hall–Kier alpha value is -0.0400. The van der Waals surface area contributed by atoms with Crippen molar-refractivity contribution < 1.29 is 0 Å².